The Bertz CT molecular complexity index is 1630. The van der Waals surface area contributed by atoms with Gasteiger partial charge in [0.1, 0.15) is 4.33 Å². The molecule has 3 aromatic carbocycles. The normalized spacial score (nSPS) is 12.0. The third-order valence-corrected chi connectivity index (χ3v) is 7.24. The smallest absolute Gasteiger partial charge is 0.404 e. The lowest BCUT2D eigenvalue weighted by atomic mass is 10.0. The lowest BCUT2D eigenvalue weighted by Crippen LogP contribution is -2.42. The Labute approximate surface area is 277 Å². The van der Waals surface area contributed by atoms with E-state index in [0.29, 0.717) is 0 Å². The summed E-state index contributed by atoms with van der Waals surface area (Å²) in [5.41, 5.74) is -2.29. The molecular weight excluding hydrogens is 736 g/mol. The van der Waals surface area contributed by atoms with Crippen LogP contribution in [0.2, 0.25) is 5.02 Å². The number of carbonyl (C=O) groups is 3. The fraction of sp³-hybridized carbons (Fsp3) is 0.276. The van der Waals surface area contributed by atoms with Crippen molar-refractivity contribution in [2.45, 2.75) is 49.7 Å². The van der Waals surface area contributed by atoms with Crippen molar-refractivity contribution in [3.8, 4) is 5.75 Å². The Balaban J connectivity index is 1.72. The van der Waals surface area contributed by atoms with E-state index in [-0.39, 0.29) is 32.7 Å². The average molecular weight is 760 g/mol. The molecule has 0 unspecified atom stereocenters. The van der Waals surface area contributed by atoms with Gasteiger partial charge in [-0.15, -0.1) is 23.2 Å². The van der Waals surface area contributed by atoms with Crippen molar-refractivity contribution in [1.29, 1.82) is 0 Å². The van der Waals surface area contributed by atoms with Crippen molar-refractivity contribution in [3.05, 3.63) is 86.4 Å². The number of carbonyl (C=O) groups excluding carboxylic acids is 3. The van der Waals surface area contributed by atoms with Crippen LogP contribution in [-0.4, -0.2) is 27.8 Å². The molecule has 16 heteroatoms. The molecule has 7 nitrogen and oxygen atoms in total. The molecule has 0 aliphatic heterocycles. The summed E-state index contributed by atoms with van der Waals surface area (Å²) < 4.78 is 71.8. The van der Waals surface area contributed by atoms with Gasteiger partial charge in [0.05, 0.1) is 28.3 Å². The van der Waals surface area contributed by atoms with Gasteiger partial charge < -0.3 is 20.7 Å². The first-order valence-electron chi connectivity index (χ1n) is 12.8. The molecule has 0 heterocycles. The van der Waals surface area contributed by atoms with Gasteiger partial charge in [0.15, 0.2) is 11.6 Å². The van der Waals surface area contributed by atoms with E-state index in [1.54, 1.807) is 20.8 Å². The molecule has 242 valence electrons. The molecule has 0 saturated carbocycles. The molecule has 0 aliphatic rings. The Hall–Kier alpha value is -3.13. The summed E-state index contributed by atoms with van der Waals surface area (Å²) in [6.45, 7) is 4.87. The van der Waals surface area contributed by atoms with E-state index in [4.69, 9.17) is 39.5 Å². The third kappa shape index (κ3) is 10.5. The molecule has 0 radical (unpaired) electrons. The standard InChI is InChI=1S/C29H24BrCl3F5N3O4/c1-27(2,3)41-26(44)45-24-20(34)8-9-21(23(24)35)40-25(43)16-11-15(5-7-19(16)31)39-22(42)13-28(32,33)12-14-4-6-18(30)17(10-14)29(36,37)38/h4-11H,12-13H2,1-3H3,(H,39,42)(H,40,43)(H,41,44). The second kappa shape index (κ2) is 14.1. The molecule has 0 aliphatic carbocycles. The number of amides is 3. The number of ether oxygens (including phenoxy) is 1. The first kappa shape index (κ1) is 36.3. The van der Waals surface area contributed by atoms with E-state index in [2.05, 4.69) is 31.9 Å². The van der Waals surface area contributed by atoms with Crippen molar-refractivity contribution in [3.63, 3.8) is 0 Å². The zero-order valence-corrected chi connectivity index (χ0v) is 27.4. The highest BCUT2D eigenvalue weighted by Gasteiger charge is 2.35. The largest absolute Gasteiger partial charge is 0.417 e. The van der Waals surface area contributed by atoms with Crippen LogP contribution < -0.4 is 20.7 Å². The molecule has 3 amide bonds. The molecular formula is C29H24BrCl3F5N3O4. The lowest BCUT2D eigenvalue weighted by Gasteiger charge is -2.20. The average Bonchev–Trinajstić information content (AvgIpc) is 2.88. The summed E-state index contributed by atoms with van der Waals surface area (Å²) in [7, 11) is 0. The molecule has 3 rings (SSSR count). The van der Waals surface area contributed by atoms with Crippen molar-refractivity contribution in [2.75, 3.05) is 10.6 Å². The Morgan fingerprint density at radius 1 is 0.933 bits per heavy atom. The van der Waals surface area contributed by atoms with Crippen molar-refractivity contribution in [2.24, 2.45) is 0 Å². The van der Waals surface area contributed by atoms with Crippen molar-refractivity contribution < 1.29 is 41.1 Å². The van der Waals surface area contributed by atoms with Crippen molar-refractivity contribution >= 4 is 80.0 Å². The van der Waals surface area contributed by atoms with Gasteiger partial charge >= 0.3 is 12.3 Å². The Morgan fingerprint density at radius 2 is 1.60 bits per heavy atom. The number of alkyl halides is 5. The number of anilines is 2. The van der Waals surface area contributed by atoms with Crippen LogP contribution in [0.1, 0.15) is 48.7 Å². The Morgan fingerprint density at radius 3 is 2.22 bits per heavy atom. The van der Waals surface area contributed by atoms with E-state index in [9.17, 15) is 31.9 Å². The summed E-state index contributed by atoms with van der Waals surface area (Å²) in [5.74, 6) is -5.34. The summed E-state index contributed by atoms with van der Waals surface area (Å²) >= 11 is 21.5. The molecule has 0 aromatic heterocycles. The second-order valence-electron chi connectivity index (χ2n) is 10.7. The van der Waals surface area contributed by atoms with Crippen LogP contribution >= 0.6 is 50.7 Å². The summed E-state index contributed by atoms with van der Waals surface area (Å²) in [6.07, 6.45) is -6.62. The van der Waals surface area contributed by atoms with Crippen LogP contribution in [0.3, 0.4) is 0 Å². The van der Waals surface area contributed by atoms with Gasteiger partial charge in [0, 0.05) is 22.1 Å². The minimum absolute atomic E-state index is 0.0455. The van der Waals surface area contributed by atoms with E-state index in [1.165, 1.54) is 24.3 Å². The third-order valence-electron chi connectivity index (χ3n) is 5.68. The molecule has 0 atom stereocenters. The van der Waals surface area contributed by atoms with Gasteiger partial charge in [0.2, 0.25) is 11.7 Å². The zero-order chi connectivity index (χ0) is 33.9. The fourth-order valence-electron chi connectivity index (χ4n) is 3.81. The molecule has 0 bridgehead atoms. The highest BCUT2D eigenvalue weighted by Crippen LogP contribution is 2.38. The van der Waals surface area contributed by atoms with Crippen LogP contribution in [0.25, 0.3) is 0 Å². The second-order valence-corrected chi connectivity index (χ2v) is 13.6. The number of nitrogens with one attached hydrogen (secondary N) is 3. The predicted octanol–water partition coefficient (Wildman–Crippen LogP) is 9.28. The Kier molecular flexibility index (Phi) is 11.4. The first-order valence-corrected chi connectivity index (χ1v) is 14.7. The van der Waals surface area contributed by atoms with E-state index in [1.807, 2.05) is 0 Å². The molecule has 45 heavy (non-hydrogen) atoms. The van der Waals surface area contributed by atoms with Gasteiger partial charge in [0.25, 0.3) is 5.91 Å². The number of halogens is 9. The summed E-state index contributed by atoms with van der Waals surface area (Å²) in [5, 5.41) is 6.94. The lowest BCUT2D eigenvalue weighted by molar-refractivity contribution is -0.138. The predicted molar refractivity (Wildman–Crippen MR) is 165 cm³/mol. The summed E-state index contributed by atoms with van der Waals surface area (Å²) in [4.78, 5) is 37.7. The number of rotatable bonds is 8. The van der Waals surface area contributed by atoms with Crippen LogP contribution in [0, 0.1) is 11.6 Å². The SMILES string of the molecule is CC(C)(C)NC(=O)Oc1c(F)ccc(NC(=O)c2cc(NC(=O)CC(Cl)(Cl)Cc3ccc(Br)c(C(F)(F)F)c3)ccc2Cl)c1F. The summed E-state index contributed by atoms with van der Waals surface area (Å²) in [6, 6.07) is 8.86. The van der Waals surface area contributed by atoms with E-state index < -0.39 is 69.0 Å². The quantitative estimate of drug-likeness (QED) is 0.158. The van der Waals surface area contributed by atoms with Crippen LogP contribution in [-0.2, 0) is 17.4 Å². The maximum absolute atomic E-state index is 15.0. The number of benzene rings is 3. The maximum Gasteiger partial charge on any atom is 0.417 e. The van der Waals surface area contributed by atoms with Crippen LogP contribution in [0.4, 0.5) is 38.1 Å². The van der Waals surface area contributed by atoms with Gasteiger partial charge in [-0.05, 0) is 68.8 Å². The van der Waals surface area contributed by atoms with Gasteiger partial charge in [-0.25, -0.2) is 13.6 Å². The van der Waals surface area contributed by atoms with Gasteiger partial charge in [-0.3, -0.25) is 9.59 Å². The molecule has 3 N–H and O–H groups in total. The molecule has 3 aromatic rings. The highest BCUT2D eigenvalue weighted by atomic mass is 79.9. The molecule has 0 spiro atoms. The molecule has 0 saturated heterocycles. The fourth-order valence-corrected chi connectivity index (χ4v) is 5.04. The zero-order valence-electron chi connectivity index (χ0n) is 23.6. The van der Waals surface area contributed by atoms with Crippen molar-refractivity contribution in [1.82, 2.24) is 5.32 Å². The van der Waals surface area contributed by atoms with Crippen LogP contribution in [0.5, 0.6) is 5.75 Å². The van der Waals surface area contributed by atoms with Gasteiger partial charge in [-0.2, -0.15) is 13.2 Å². The van der Waals surface area contributed by atoms with E-state index >= 15 is 4.39 Å². The number of hydrogen-bond donors (Lipinski definition) is 3. The minimum Gasteiger partial charge on any atom is -0.404 e. The number of hydrogen-bond acceptors (Lipinski definition) is 4. The van der Waals surface area contributed by atoms with E-state index in [0.717, 1.165) is 24.3 Å². The van der Waals surface area contributed by atoms with Crippen LogP contribution in [0.15, 0.2) is 53.0 Å². The first-order chi connectivity index (χ1) is 20.6. The minimum atomic E-state index is -4.63. The van der Waals surface area contributed by atoms with Gasteiger partial charge in [-0.1, -0.05) is 33.6 Å². The topological polar surface area (TPSA) is 96.5 Å². The maximum atomic E-state index is 15.0. The highest BCUT2D eigenvalue weighted by molar-refractivity contribution is 9.10. The molecule has 0 fully saturated rings. The monoisotopic (exact) mass is 757 g/mol.